The number of amides is 2. The maximum Gasteiger partial charge on any atom is 0.273 e. The van der Waals surface area contributed by atoms with Crippen LogP contribution in [0.2, 0.25) is 0 Å². The molecule has 1 fully saturated rings. The highest BCUT2D eigenvalue weighted by atomic mass is 32.2. The molecule has 8 nitrogen and oxygen atoms in total. The second kappa shape index (κ2) is 6.97. The number of rotatable bonds is 3. The summed E-state index contributed by atoms with van der Waals surface area (Å²) in [4.78, 5) is 30.5. The monoisotopic (exact) mass is 410 g/mol. The number of nitrogens with zero attached hydrogens (tertiary/aromatic N) is 3. The zero-order valence-corrected chi connectivity index (χ0v) is 16.7. The fraction of sp³-hybridized carbons (Fsp3) is 0.647. The van der Waals surface area contributed by atoms with E-state index in [-0.39, 0.29) is 41.9 Å². The van der Waals surface area contributed by atoms with Gasteiger partial charge in [-0.1, -0.05) is 6.92 Å². The minimum atomic E-state index is -3.13. The first-order valence-corrected chi connectivity index (χ1v) is 11.8. The molecule has 2 aliphatic heterocycles. The molecule has 146 valence electrons. The Morgan fingerprint density at radius 2 is 2.07 bits per heavy atom. The largest absolute Gasteiger partial charge is 0.297 e. The van der Waals surface area contributed by atoms with Gasteiger partial charge >= 0.3 is 0 Å². The molecule has 10 heteroatoms. The van der Waals surface area contributed by atoms with Crippen molar-refractivity contribution in [1.82, 2.24) is 9.99 Å². The number of carbonyl (C=O) groups is 2. The fourth-order valence-electron chi connectivity index (χ4n) is 3.75. The molecular formula is C17H22N4O4S2. The standard InChI is InChI=1S/C17H22N4O4S2/c1-10-2-3-12-14(8-10)26-17(18-12)19-16(23)13-4-5-15(22)21(20-13)11-6-7-27(24,25)9-11/h10-11H,2-9H2,1H3,(H,18,19,23)/t10-,11+/m1/s1. The Hall–Kier alpha value is -1.81. The Kier molecular flexibility index (Phi) is 4.79. The smallest absolute Gasteiger partial charge is 0.273 e. The maximum absolute atomic E-state index is 12.6. The number of hydrogen-bond acceptors (Lipinski definition) is 7. The van der Waals surface area contributed by atoms with Crippen LogP contribution in [0.1, 0.15) is 43.2 Å². The lowest BCUT2D eigenvalue weighted by atomic mass is 9.93. The number of sulfone groups is 1. The van der Waals surface area contributed by atoms with Crippen molar-refractivity contribution >= 4 is 43.8 Å². The van der Waals surface area contributed by atoms with Crippen molar-refractivity contribution in [2.45, 2.75) is 51.5 Å². The van der Waals surface area contributed by atoms with Crippen LogP contribution < -0.4 is 5.32 Å². The van der Waals surface area contributed by atoms with Crippen LogP contribution in [0.5, 0.6) is 0 Å². The van der Waals surface area contributed by atoms with Crippen molar-refractivity contribution in [3.8, 4) is 0 Å². The van der Waals surface area contributed by atoms with Crippen LogP contribution in [0.25, 0.3) is 0 Å². The van der Waals surface area contributed by atoms with E-state index in [0.29, 0.717) is 17.5 Å². The number of thiazole rings is 1. The third-order valence-electron chi connectivity index (χ3n) is 5.28. The van der Waals surface area contributed by atoms with Gasteiger partial charge in [-0.25, -0.2) is 18.4 Å². The van der Waals surface area contributed by atoms with Crippen LogP contribution in [-0.2, 0) is 32.3 Å². The Morgan fingerprint density at radius 1 is 1.26 bits per heavy atom. The molecule has 0 bridgehead atoms. The summed E-state index contributed by atoms with van der Waals surface area (Å²) >= 11 is 1.50. The second-order valence-corrected chi connectivity index (χ2v) is 10.8. The first-order chi connectivity index (χ1) is 12.8. The van der Waals surface area contributed by atoms with Crippen molar-refractivity contribution < 1.29 is 18.0 Å². The third kappa shape index (κ3) is 3.91. The highest BCUT2D eigenvalue weighted by Gasteiger charge is 2.37. The molecule has 1 saturated heterocycles. The number of anilines is 1. The van der Waals surface area contributed by atoms with Crippen LogP contribution >= 0.6 is 11.3 Å². The van der Waals surface area contributed by atoms with Gasteiger partial charge in [-0.15, -0.1) is 11.3 Å². The molecule has 0 aromatic carbocycles. The van der Waals surface area contributed by atoms with E-state index in [1.54, 1.807) is 0 Å². The van der Waals surface area contributed by atoms with Gasteiger partial charge in [0.15, 0.2) is 15.0 Å². The predicted octanol–water partition coefficient (Wildman–Crippen LogP) is 1.37. The zero-order chi connectivity index (χ0) is 19.2. The molecule has 0 saturated carbocycles. The van der Waals surface area contributed by atoms with Gasteiger partial charge in [0.2, 0.25) is 5.91 Å². The van der Waals surface area contributed by atoms with E-state index in [1.807, 2.05) is 0 Å². The SMILES string of the molecule is C[C@@H]1CCc2nc(NC(=O)C3=NN([C@H]4CCS(=O)(=O)C4)C(=O)CC3)sc2C1. The Balaban J connectivity index is 1.48. The van der Waals surface area contributed by atoms with Crippen molar-refractivity contribution in [3.63, 3.8) is 0 Å². The summed E-state index contributed by atoms with van der Waals surface area (Å²) in [6, 6.07) is -0.473. The molecule has 1 aliphatic carbocycles. The van der Waals surface area contributed by atoms with Crippen LogP contribution in [0.3, 0.4) is 0 Å². The summed E-state index contributed by atoms with van der Waals surface area (Å²) in [6.07, 6.45) is 3.81. The molecule has 1 aromatic heterocycles. The molecule has 3 aliphatic rings. The highest BCUT2D eigenvalue weighted by molar-refractivity contribution is 7.91. The minimum Gasteiger partial charge on any atom is -0.297 e. The number of aryl methyl sites for hydroxylation is 1. The maximum atomic E-state index is 12.6. The molecule has 2 amide bonds. The van der Waals surface area contributed by atoms with Gasteiger partial charge in [0, 0.05) is 17.7 Å². The summed E-state index contributed by atoms with van der Waals surface area (Å²) in [5, 5.41) is 8.78. The summed E-state index contributed by atoms with van der Waals surface area (Å²) in [5.74, 6) is 0.00201. The molecule has 1 aromatic rings. The van der Waals surface area contributed by atoms with Gasteiger partial charge in [0.25, 0.3) is 5.91 Å². The lowest BCUT2D eigenvalue weighted by molar-refractivity contribution is -0.133. The lowest BCUT2D eigenvalue weighted by Gasteiger charge is -2.27. The van der Waals surface area contributed by atoms with E-state index in [2.05, 4.69) is 22.3 Å². The van der Waals surface area contributed by atoms with Gasteiger partial charge in [0.05, 0.1) is 23.2 Å². The summed E-state index contributed by atoms with van der Waals surface area (Å²) in [5.41, 5.74) is 1.31. The summed E-state index contributed by atoms with van der Waals surface area (Å²) in [6.45, 7) is 2.21. The Morgan fingerprint density at radius 3 is 2.81 bits per heavy atom. The average molecular weight is 411 g/mol. The molecule has 0 radical (unpaired) electrons. The third-order valence-corrected chi connectivity index (χ3v) is 8.07. The van der Waals surface area contributed by atoms with Gasteiger partial charge in [-0.2, -0.15) is 5.10 Å². The molecule has 1 N–H and O–H groups in total. The minimum absolute atomic E-state index is 0.0571. The topological polar surface area (TPSA) is 109 Å². The zero-order valence-electron chi connectivity index (χ0n) is 15.1. The average Bonchev–Trinajstić information content (AvgIpc) is 3.16. The van der Waals surface area contributed by atoms with Crippen LogP contribution in [0.4, 0.5) is 5.13 Å². The highest BCUT2D eigenvalue weighted by Crippen LogP contribution is 2.32. The molecule has 2 atom stereocenters. The van der Waals surface area contributed by atoms with Crippen molar-refractivity contribution in [1.29, 1.82) is 0 Å². The predicted molar refractivity (Wildman–Crippen MR) is 103 cm³/mol. The number of hydrogen-bond donors (Lipinski definition) is 1. The van der Waals surface area contributed by atoms with E-state index < -0.39 is 15.9 Å². The van der Waals surface area contributed by atoms with Crippen molar-refractivity contribution in [2.24, 2.45) is 11.0 Å². The number of fused-ring (bicyclic) bond motifs is 1. The van der Waals surface area contributed by atoms with Gasteiger partial charge in [-0.05, 0) is 31.6 Å². The van der Waals surface area contributed by atoms with Crippen LogP contribution in [-0.4, -0.2) is 53.5 Å². The van der Waals surface area contributed by atoms with Crippen LogP contribution in [0, 0.1) is 5.92 Å². The van der Waals surface area contributed by atoms with E-state index >= 15 is 0 Å². The second-order valence-electron chi connectivity index (χ2n) is 7.53. The van der Waals surface area contributed by atoms with Gasteiger partial charge in [-0.3, -0.25) is 14.9 Å². The van der Waals surface area contributed by atoms with E-state index in [0.717, 1.165) is 25.0 Å². The lowest BCUT2D eigenvalue weighted by Crippen LogP contribution is -2.42. The van der Waals surface area contributed by atoms with Crippen molar-refractivity contribution in [2.75, 3.05) is 16.8 Å². The Labute approximate surface area is 162 Å². The Bertz CT molecular complexity index is 921. The fourth-order valence-corrected chi connectivity index (χ4v) is 6.61. The molecule has 3 heterocycles. The van der Waals surface area contributed by atoms with E-state index in [1.165, 1.54) is 21.2 Å². The molecule has 0 spiro atoms. The number of nitrogens with one attached hydrogen (secondary N) is 1. The number of carbonyl (C=O) groups excluding carboxylic acids is 2. The van der Waals surface area contributed by atoms with Crippen molar-refractivity contribution in [3.05, 3.63) is 10.6 Å². The first-order valence-electron chi connectivity index (χ1n) is 9.20. The van der Waals surface area contributed by atoms with E-state index in [4.69, 9.17) is 0 Å². The van der Waals surface area contributed by atoms with E-state index in [9.17, 15) is 18.0 Å². The molecule has 27 heavy (non-hydrogen) atoms. The van der Waals surface area contributed by atoms with Gasteiger partial charge < -0.3 is 0 Å². The molecule has 4 rings (SSSR count). The van der Waals surface area contributed by atoms with Gasteiger partial charge in [0.1, 0.15) is 5.71 Å². The molecular weight excluding hydrogens is 388 g/mol. The first kappa shape index (κ1) is 18.5. The molecule has 0 unspecified atom stereocenters. The van der Waals surface area contributed by atoms with Crippen LogP contribution in [0.15, 0.2) is 5.10 Å². The summed E-state index contributed by atoms with van der Waals surface area (Å²) in [7, 11) is -3.13. The normalized spacial score (nSPS) is 27.2. The number of hydrazone groups is 1. The number of aromatic nitrogens is 1. The summed E-state index contributed by atoms with van der Waals surface area (Å²) < 4.78 is 23.4. The quantitative estimate of drug-likeness (QED) is 0.810.